The van der Waals surface area contributed by atoms with Gasteiger partial charge in [-0.25, -0.2) is 0 Å². The smallest absolute Gasteiger partial charge is 0.335 e. The minimum absolute atomic E-state index is 0.0838. The van der Waals surface area contributed by atoms with Crippen LogP contribution in [-0.2, 0) is 11.2 Å². The highest BCUT2D eigenvalue weighted by Gasteiger charge is 2.44. The third-order valence-electron chi connectivity index (χ3n) is 3.06. The van der Waals surface area contributed by atoms with Gasteiger partial charge in [-0.3, -0.25) is 9.78 Å². The molecule has 98 valence electrons. The van der Waals surface area contributed by atoms with Crippen LogP contribution in [-0.4, -0.2) is 35.1 Å². The van der Waals surface area contributed by atoms with E-state index in [9.17, 15) is 18.0 Å². The summed E-state index contributed by atoms with van der Waals surface area (Å²) in [6, 6.07) is 3.68. The summed E-state index contributed by atoms with van der Waals surface area (Å²) in [6.07, 6.45) is -0.138. The van der Waals surface area contributed by atoms with Crippen LogP contribution in [0.5, 0.6) is 0 Å². The number of carbonyl (C=O) groups excluding carboxylic acids is 1. The summed E-state index contributed by atoms with van der Waals surface area (Å²) >= 11 is 0. The molecule has 1 aromatic heterocycles. The summed E-state index contributed by atoms with van der Waals surface area (Å²) in [7, 11) is 0. The second-order valence-electron chi connectivity index (χ2n) is 4.47. The van der Waals surface area contributed by atoms with Gasteiger partial charge in [-0.2, -0.15) is 13.2 Å². The van der Waals surface area contributed by atoms with Crippen molar-refractivity contribution in [3.63, 3.8) is 0 Å². The number of carbonyl (C=O) groups is 1. The standard InChI is InChI=1S/C12H13F3N2O/c13-12(14,15)11(18)17-5-3-10(8-17)6-9-2-1-4-16-7-9/h1-2,4,7,10H,3,5-6,8H2. The molecule has 0 radical (unpaired) electrons. The highest BCUT2D eigenvalue weighted by Crippen LogP contribution is 2.25. The Morgan fingerprint density at radius 1 is 1.50 bits per heavy atom. The number of likely N-dealkylation sites (tertiary alicyclic amines) is 1. The molecule has 0 N–H and O–H groups in total. The maximum atomic E-state index is 12.3. The van der Waals surface area contributed by atoms with E-state index in [2.05, 4.69) is 4.98 Å². The van der Waals surface area contributed by atoms with E-state index < -0.39 is 12.1 Å². The Bertz CT molecular complexity index is 419. The fraction of sp³-hybridized carbons (Fsp3) is 0.500. The van der Waals surface area contributed by atoms with E-state index in [4.69, 9.17) is 0 Å². The van der Waals surface area contributed by atoms with Crippen molar-refractivity contribution in [3.05, 3.63) is 30.1 Å². The molecule has 0 bridgehead atoms. The number of aromatic nitrogens is 1. The molecule has 3 nitrogen and oxygen atoms in total. The van der Waals surface area contributed by atoms with Crippen molar-refractivity contribution in [2.24, 2.45) is 5.92 Å². The van der Waals surface area contributed by atoms with E-state index in [0.29, 0.717) is 12.8 Å². The fourth-order valence-corrected chi connectivity index (χ4v) is 2.22. The molecule has 1 saturated heterocycles. The lowest BCUT2D eigenvalue weighted by atomic mass is 10.0. The number of pyridine rings is 1. The van der Waals surface area contributed by atoms with E-state index in [1.807, 2.05) is 6.07 Å². The zero-order chi connectivity index (χ0) is 13.2. The monoisotopic (exact) mass is 258 g/mol. The van der Waals surface area contributed by atoms with Gasteiger partial charge in [0.1, 0.15) is 0 Å². The number of amides is 1. The van der Waals surface area contributed by atoms with E-state index in [1.165, 1.54) is 0 Å². The Balaban J connectivity index is 1.91. The average Bonchev–Trinajstić information content (AvgIpc) is 2.76. The van der Waals surface area contributed by atoms with Gasteiger partial charge < -0.3 is 4.90 Å². The lowest BCUT2D eigenvalue weighted by molar-refractivity contribution is -0.184. The Kier molecular flexibility index (Phi) is 3.54. The fourth-order valence-electron chi connectivity index (χ4n) is 2.22. The number of hydrogen-bond acceptors (Lipinski definition) is 2. The van der Waals surface area contributed by atoms with Crippen molar-refractivity contribution in [1.82, 2.24) is 9.88 Å². The van der Waals surface area contributed by atoms with Gasteiger partial charge >= 0.3 is 12.1 Å². The summed E-state index contributed by atoms with van der Waals surface area (Å²) in [6.45, 7) is 0.358. The Hall–Kier alpha value is -1.59. The van der Waals surface area contributed by atoms with Crippen LogP contribution in [0.3, 0.4) is 0 Å². The molecule has 0 aromatic carbocycles. The highest BCUT2D eigenvalue weighted by atomic mass is 19.4. The predicted molar refractivity (Wildman–Crippen MR) is 58.7 cm³/mol. The number of hydrogen-bond donors (Lipinski definition) is 0. The van der Waals surface area contributed by atoms with Crippen LogP contribution in [0, 0.1) is 5.92 Å². The van der Waals surface area contributed by atoms with Gasteiger partial charge in [0.15, 0.2) is 0 Å². The largest absolute Gasteiger partial charge is 0.471 e. The first-order valence-electron chi connectivity index (χ1n) is 5.72. The van der Waals surface area contributed by atoms with Crippen LogP contribution in [0.2, 0.25) is 0 Å². The average molecular weight is 258 g/mol. The van der Waals surface area contributed by atoms with Gasteiger partial charge in [-0.05, 0) is 30.4 Å². The lowest BCUT2D eigenvalue weighted by Crippen LogP contribution is -2.39. The second kappa shape index (κ2) is 4.96. The number of rotatable bonds is 2. The molecule has 0 spiro atoms. The number of halogens is 3. The quantitative estimate of drug-likeness (QED) is 0.813. The van der Waals surface area contributed by atoms with Crippen LogP contribution in [0.15, 0.2) is 24.5 Å². The van der Waals surface area contributed by atoms with Crippen molar-refractivity contribution in [2.75, 3.05) is 13.1 Å². The molecule has 6 heteroatoms. The van der Waals surface area contributed by atoms with E-state index in [-0.39, 0.29) is 19.0 Å². The first kappa shape index (κ1) is 12.9. The molecule has 1 aromatic rings. The minimum Gasteiger partial charge on any atom is -0.335 e. The molecular weight excluding hydrogens is 245 g/mol. The van der Waals surface area contributed by atoms with E-state index in [1.54, 1.807) is 18.5 Å². The molecule has 1 atom stereocenters. The van der Waals surface area contributed by atoms with E-state index in [0.717, 1.165) is 10.5 Å². The zero-order valence-corrected chi connectivity index (χ0v) is 9.65. The van der Waals surface area contributed by atoms with Gasteiger partial charge in [0.05, 0.1) is 0 Å². The molecule has 0 saturated carbocycles. The van der Waals surface area contributed by atoms with E-state index >= 15 is 0 Å². The van der Waals surface area contributed by atoms with Crippen molar-refractivity contribution < 1.29 is 18.0 Å². The maximum Gasteiger partial charge on any atom is 0.471 e. The molecule has 2 heterocycles. The highest BCUT2D eigenvalue weighted by molar-refractivity contribution is 5.82. The molecule has 0 aliphatic carbocycles. The van der Waals surface area contributed by atoms with Crippen LogP contribution in [0.25, 0.3) is 0 Å². The SMILES string of the molecule is O=C(N1CCC(Cc2cccnc2)C1)C(F)(F)F. The normalized spacial score (nSPS) is 20.2. The van der Waals surface area contributed by atoms with Crippen LogP contribution >= 0.6 is 0 Å². The Morgan fingerprint density at radius 3 is 2.89 bits per heavy atom. The van der Waals surface area contributed by atoms with Gasteiger partial charge in [0.25, 0.3) is 0 Å². The number of nitrogens with zero attached hydrogens (tertiary/aromatic N) is 2. The third-order valence-corrected chi connectivity index (χ3v) is 3.06. The molecule has 1 fully saturated rings. The molecule has 1 aliphatic heterocycles. The molecule has 2 rings (SSSR count). The Labute approximate surface area is 103 Å². The van der Waals surface area contributed by atoms with Gasteiger partial charge in [-0.15, -0.1) is 0 Å². The summed E-state index contributed by atoms with van der Waals surface area (Å²) in [5, 5.41) is 0. The second-order valence-corrected chi connectivity index (χ2v) is 4.47. The van der Waals surface area contributed by atoms with Crippen LogP contribution in [0.4, 0.5) is 13.2 Å². The molecule has 1 unspecified atom stereocenters. The molecule has 18 heavy (non-hydrogen) atoms. The van der Waals surface area contributed by atoms with Gasteiger partial charge in [0.2, 0.25) is 0 Å². The topological polar surface area (TPSA) is 33.2 Å². The van der Waals surface area contributed by atoms with Crippen molar-refractivity contribution in [2.45, 2.75) is 19.0 Å². The summed E-state index contributed by atoms with van der Waals surface area (Å²) in [5.74, 6) is -1.64. The van der Waals surface area contributed by atoms with Gasteiger partial charge in [-0.1, -0.05) is 6.07 Å². The first-order valence-corrected chi connectivity index (χ1v) is 5.72. The van der Waals surface area contributed by atoms with Gasteiger partial charge in [0, 0.05) is 25.5 Å². The van der Waals surface area contributed by atoms with Crippen molar-refractivity contribution >= 4 is 5.91 Å². The van der Waals surface area contributed by atoms with Crippen LogP contribution in [0.1, 0.15) is 12.0 Å². The summed E-state index contributed by atoms with van der Waals surface area (Å²) in [5.41, 5.74) is 0.990. The molecular formula is C12H13F3N2O. The zero-order valence-electron chi connectivity index (χ0n) is 9.65. The predicted octanol–water partition coefficient (Wildman–Crippen LogP) is 2.03. The lowest BCUT2D eigenvalue weighted by Gasteiger charge is -2.17. The third kappa shape index (κ3) is 3.00. The first-order chi connectivity index (χ1) is 8.47. The summed E-state index contributed by atoms with van der Waals surface area (Å²) < 4.78 is 36.8. The maximum absolute atomic E-state index is 12.3. The van der Waals surface area contributed by atoms with Crippen LogP contribution < -0.4 is 0 Å². The molecule has 1 aliphatic rings. The molecule has 1 amide bonds. The van der Waals surface area contributed by atoms with Crippen molar-refractivity contribution in [1.29, 1.82) is 0 Å². The van der Waals surface area contributed by atoms with Crippen molar-refractivity contribution in [3.8, 4) is 0 Å². The Morgan fingerprint density at radius 2 is 2.28 bits per heavy atom. The summed E-state index contributed by atoms with van der Waals surface area (Å²) in [4.78, 5) is 15.9. The number of alkyl halides is 3. The minimum atomic E-state index is -4.76.